The Kier molecular flexibility index (Phi) is 3.40. The first-order valence-corrected chi connectivity index (χ1v) is 5.60. The van der Waals surface area contributed by atoms with Crippen LogP contribution in [0, 0.1) is 10.1 Å². The molecule has 1 fully saturated rings. The molecular weight excluding hydrogens is 222 g/mol. The lowest BCUT2D eigenvalue weighted by Crippen LogP contribution is -2.50. The smallest absolute Gasteiger partial charge is 0.267 e. The Morgan fingerprint density at radius 3 is 2.41 bits per heavy atom. The van der Waals surface area contributed by atoms with Gasteiger partial charge in [-0.25, -0.2) is 0 Å². The van der Waals surface area contributed by atoms with Crippen molar-refractivity contribution >= 4 is 0 Å². The van der Waals surface area contributed by atoms with Gasteiger partial charge in [0.25, 0.3) is 5.54 Å². The summed E-state index contributed by atoms with van der Waals surface area (Å²) >= 11 is 0. The van der Waals surface area contributed by atoms with Crippen LogP contribution in [-0.4, -0.2) is 23.7 Å². The minimum atomic E-state index is -1.09. The lowest BCUT2D eigenvalue weighted by Gasteiger charge is -2.33. The summed E-state index contributed by atoms with van der Waals surface area (Å²) in [6.45, 7) is 1.96. The van der Waals surface area contributed by atoms with Crippen molar-refractivity contribution in [2.75, 3.05) is 13.2 Å². The molecular formula is C12H15NO4. The molecule has 1 saturated heterocycles. The fraction of sp³-hybridized carbons (Fsp3) is 0.500. The van der Waals surface area contributed by atoms with Gasteiger partial charge in [0.1, 0.15) is 13.2 Å². The summed E-state index contributed by atoms with van der Waals surface area (Å²) in [4.78, 5) is 10.7. The van der Waals surface area contributed by atoms with E-state index >= 15 is 0 Å². The van der Waals surface area contributed by atoms with Crippen molar-refractivity contribution in [3.05, 3.63) is 46.0 Å². The summed E-state index contributed by atoms with van der Waals surface area (Å²) < 4.78 is 10.9. The van der Waals surface area contributed by atoms with Gasteiger partial charge in [-0.05, 0) is 0 Å². The largest absolute Gasteiger partial charge is 0.341 e. The molecule has 0 N–H and O–H groups in total. The van der Waals surface area contributed by atoms with Gasteiger partial charge in [0, 0.05) is 16.9 Å². The minimum Gasteiger partial charge on any atom is -0.341 e. The van der Waals surface area contributed by atoms with E-state index in [0.29, 0.717) is 6.42 Å². The second-order valence-corrected chi connectivity index (χ2v) is 4.20. The van der Waals surface area contributed by atoms with Crippen molar-refractivity contribution in [2.45, 2.75) is 25.2 Å². The summed E-state index contributed by atoms with van der Waals surface area (Å²) in [5.74, 6) is 0. The highest BCUT2D eigenvalue weighted by atomic mass is 16.7. The van der Waals surface area contributed by atoms with Crippen molar-refractivity contribution in [3.63, 3.8) is 0 Å². The molecule has 5 nitrogen and oxygen atoms in total. The average molecular weight is 237 g/mol. The van der Waals surface area contributed by atoms with Gasteiger partial charge in [-0.3, -0.25) is 10.1 Å². The predicted molar refractivity (Wildman–Crippen MR) is 61.1 cm³/mol. The van der Waals surface area contributed by atoms with Crippen LogP contribution in [0.3, 0.4) is 0 Å². The van der Waals surface area contributed by atoms with E-state index in [2.05, 4.69) is 0 Å². The zero-order valence-electron chi connectivity index (χ0n) is 9.67. The lowest BCUT2D eigenvalue weighted by atomic mass is 9.98. The summed E-state index contributed by atoms with van der Waals surface area (Å²) in [5.41, 5.74) is -0.203. The third kappa shape index (κ3) is 2.30. The maximum atomic E-state index is 11.0. The molecule has 0 spiro atoms. The van der Waals surface area contributed by atoms with Crippen LogP contribution in [0.2, 0.25) is 0 Å². The first kappa shape index (κ1) is 12.0. The molecule has 1 heterocycles. The van der Waals surface area contributed by atoms with Gasteiger partial charge < -0.3 is 9.47 Å². The van der Waals surface area contributed by atoms with Crippen molar-refractivity contribution < 1.29 is 14.4 Å². The maximum absolute atomic E-state index is 11.0. The number of rotatable bonds is 3. The Labute approximate surface area is 99.5 Å². The zero-order valence-corrected chi connectivity index (χ0v) is 9.67. The van der Waals surface area contributed by atoms with Gasteiger partial charge in [-0.2, -0.15) is 0 Å². The Morgan fingerprint density at radius 2 is 1.94 bits per heavy atom. The summed E-state index contributed by atoms with van der Waals surface area (Å²) in [6, 6.07) is 9.44. The third-order valence-electron chi connectivity index (χ3n) is 3.12. The second kappa shape index (κ2) is 4.81. The number of hydrogen-bond acceptors (Lipinski definition) is 4. The Balaban J connectivity index is 2.05. The van der Waals surface area contributed by atoms with Crippen LogP contribution in [0.25, 0.3) is 0 Å². The normalized spacial score (nSPS) is 28.9. The number of nitrogens with zero attached hydrogens (tertiary/aromatic N) is 1. The maximum Gasteiger partial charge on any atom is 0.267 e. The second-order valence-electron chi connectivity index (χ2n) is 4.20. The van der Waals surface area contributed by atoms with Crippen LogP contribution in [0.4, 0.5) is 0 Å². The Bertz CT molecular complexity index is 385. The first-order valence-electron chi connectivity index (χ1n) is 5.60. The summed E-state index contributed by atoms with van der Waals surface area (Å²) in [5, 5.41) is 11.0. The molecule has 0 aromatic heterocycles. The van der Waals surface area contributed by atoms with Crippen LogP contribution in [0.15, 0.2) is 30.3 Å². The fourth-order valence-corrected chi connectivity index (χ4v) is 1.79. The van der Waals surface area contributed by atoms with Gasteiger partial charge in [-0.1, -0.05) is 37.3 Å². The van der Waals surface area contributed by atoms with Crippen LogP contribution >= 0.6 is 0 Å². The Morgan fingerprint density at radius 1 is 1.35 bits per heavy atom. The van der Waals surface area contributed by atoms with Crippen LogP contribution in [-0.2, 0) is 9.47 Å². The van der Waals surface area contributed by atoms with E-state index in [-0.39, 0.29) is 18.1 Å². The zero-order chi connectivity index (χ0) is 12.3. The van der Waals surface area contributed by atoms with Crippen LogP contribution in [0.1, 0.15) is 25.2 Å². The molecule has 0 radical (unpaired) electrons. The van der Waals surface area contributed by atoms with Crippen molar-refractivity contribution in [1.29, 1.82) is 0 Å². The van der Waals surface area contributed by atoms with Gasteiger partial charge in [-0.15, -0.1) is 0 Å². The van der Waals surface area contributed by atoms with Crippen LogP contribution < -0.4 is 0 Å². The molecule has 2 rings (SSSR count). The molecule has 0 unspecified atom stereocenters. The van der Waals surface area contributed by atoms with E-state index in [4.69, 9.17) is 9.47 Å². The highest BCUT2D eigenvalue weighted by Gasteiger charge is 2.46. The monoisotopic (exact) mass is 237 g/mol. The van der Waals surface area contributed by atoms with E-state index in [1.54, 1.807) is 6.92 Å². The summed E-state index contributed by atoms with van der Waals surface area (Å²) in [7, 11) is 0. The highest BCUT2D eigenvalue weighted by Crippen LogP contribution is 2.30. The molecule has 92 valence electrons. The van der Waals surface area contributed by atoms with E-state index in [0.717, 1.165) is 5.56 Å². The first-order chi connectivity index (χ1) is 8.18. The van der Waals surface area contributed by atoms with Crippen molar-refractivity contribution in [2.24, 2.45) is 0 Å². The summed E-state index contributed by atoms with van der Waals surface area (Å²) in [6.07, 6.45) is -0.0857. The van der Waals surface area contributed by atoms with Crippen molar-refractivity contribution in [1.82, 2.24) is 0 Å². The molecule has 17 heavy (non-hydrogen) atoms. The molecule has 1 aromatic carbocycles. The van der Waals surface area contributed by atoms with Gasteiger partial charge >= 0.3 is 0 Å². The molecule has 1 aliphatic heterocycles. The van der Waals surface area contributed by atoms with Gasteiger partial charge in [0.2, 0.25) is 0 Å². The van der Waals surface area contributed by atoms with Gasteiger partial charge in [0.15, 0.2) is 6.29 Å². The standard InChI is InChI=1S/C12H15NO4/c1-2-12(13(14)15)8-16-11(17-9-12)10-6-4-3-5-7-10/h3-7,11H,2,8-9H2,1H3. The highest BCUT2D eigenvalue weighted by molar-refractivity contribution is 5.16. The topological polar surface area (TPSA) is 61.6 Å². The van der Waals surface area contributed by atoms with E-state index in [9.17, 15) is 10.1 Å². The molecule has 0 aliphatic carbocycles. The van der Waals surface area contributed by atoms with E-state index in [1.807, 2.05) is 30.3 Å². The number of nitro groups is 1. The lowest BCUT2D eigenvalue weighted by molar-refractivity contribution is -0.592. The average Bonchev–Trinajstić information content (AvgIpc) is 2.39. The Hall–Kier alpha value is -1.46. The molecule has 0 bridgehead atoms. The molecule has 5 heteroatoms. The fourth-order valence-electron chi connectivity index (χ4n) is 1.79. The van der Waals surface area contributed by atoms with Crippen LogP contribution in [0.5, 0.6) is 0 Å². The number of hydrogen-bond donors (Lipinski definition) is 0. The van der Waals surface area contributed by atoms with Crippen molar-refractivity contribution in [3.8, 4) is 0 Å². The van der Waals surface area contributed by atoms with E-state index in [1.165, 1.54) is 0 Å². The third-order valence-corrected chi connectivity index (χ3v) is 3.12. The molecule has 1 aromatic rings. The minimum absolute atomic E-state index is 0.0933. The molecule has 0 saturated carbocycles. The number of ether oxygens (including phenoxy) is 2. The SMILES string of the molecule is CCC1([N+](=O)[O-])COC(c2ccccc2)OC1. The molecule has 0 amide bonds. The molecule has 0 atom stereocenters. The quantitative estimate of drug-likeness (QED) is 0.597. The van der Waals surface area contributed by atoms with E-state index < -0.39 is 11.8 Å². The number of benzene rings is 1. The predicted octanol–water partition coefficient (Wildman–Crippen LogP) is 2.16. The molecule has 1 aliphatic rings. The van der Waals surface area contributed by atoms with Gasteiger partial charge in [0.05, 0.1) is 0 Å².